The minimum Gasteiger partial charge on any atom is -0.391 e. The third-order valence-electron chi connectivity index (χ3n) is 4.65. The number of aliphatic hydroxyl groups excluding tert-OH is 1. The van der Waals surface area contributed by atoms with Crippen LogP contribution < -0.4 is 5.73 Å². The number of primary amides is 1. The van der Waals surface area contributed by atoms with Gasteiger partial charge >= 0.3 is 0 Å². The van der Waals surface area contributed by atoms with Gasteiger partial charge in [-0.1, -0.05) is 0 Å². The summed E-state index contributed by atoms with van der Waals surface area (Å²) in [5.41, 5.74) is 4.70. The van der Waals surface area contributed by atoms with Crippen LogP contribution in [0, 0.1) is 5.41 Å². The number of nitrogens with zero attached hydrogens (tertiary/aromatic N) is 2. The molecule has 0 aromatic rings. The molecule has 2 aliphatic rings. The van der Waals surface area contributed by atoms with E-state index < -0.39 is 23.5 Å². The third kappa shape index (κ3) is 2.74. The van der Waals surface area contributed by atoms with E-state index in [0.29, 0.717) is 32.5 Å². The molecule has 2 saturated heterocycles. The van der Waals surface area contributed by atoms with Gasteiger partial charge in [0.2, 0.25) is 17.7 Å². The standard InChI is InChI=1S/C14H23N3O4/c1-9(18)11(12(15)20)17-7-5-14(13(17)21)4-3-6-16(8-14)10(2)19/h9,11,18H,3-8H2,1-2H3,(H2,15,20)/t9-,11+,14?/m1/s1. The molecule has 0 aromatic heterocycles. The number of likely N-dealkylation sites (tertiary alicyclic amines) is 2. The Morgan fingerprint density at radius 3 is 2.52 bits per heavy atom. The second kappa shape index (κ2) is 5.63. The summed E-state index contributed by atoms with van der Waals surface area (Å²) in [6.45, 7) is 4.40. The molecule has 118 valence electrons. The van der Waals surface area contributed by atoms with Crippen molar-refractivity contribution < 1.29 is 19.5 Å². The van der Waals surface area contributed by atoms with Crippen LogP contribution in [0.25, 0.3) is 0 Å². The van der Waals surface area contributed by atoms with E-state index in [4.69, 9.17) is 5.73 Å². The second-order valence-electron chi connectivity index (χ2n) is 6.16. The Kier molecular flexibility index (Phi) is 4.22. The van der Waals surface area contributed by atoms with Crippen LogP contribution in [0.2, 0.25) is 0 Å². The van der Waals surface area contributed by atoms with Crippen LogP contribution in [-0.4, -0.2) is 64.4 Å². The monoisotopic (exact) mass is 297 g/mol. The number of rotatable bonds is 3. The van der Waals surface area contributed by atoms with Gasteiger partial charge in [-0.3, -0.25) is 14.4 Å². The van der Waals surface area contributed by atoms with Crippen molar-refractivity contribution in [1.82, 2.24) is 9.80 Å². The zero-order valence-corrected chi connectivity index (χ0v) is 12.5. The first-order valence-electron chi connectivity index (χ1n) is 7.32. The predicted octanol–water partition coefficient (Wildman–Crippen LogP) is -0.918. The maximum absolute atomic E-state index is 12.8. The summed E-state index contributed by atoms with van der Waals surface area (Å²) in [5, 5.41) is 9.73. The number of carbonyl (C=O) groups is 3. The molecule has 1 spiro atoms. The number of nitrogens with two attached hydrogens (primary N) is 1. The van der Waals surface area contributed by atoms with E-state index >= 15 is 0 Å². The Hall–Kier alpha value is -1.63. The number of aliphatic hydroxyl groups is 1. The maximum Gasteiger partial charge on any atom is 0.242 e. The molecule has 1 unspecified atom stereocenters. The van der Waals surface area contributed by atoms with E-state index in [9.17, 15) is 19.5 Å². The largest absolute Gasteiger partial charge is 0.391 e. The summed E-state index contributed by atoms with van der Waals surface area (Å²) in [6.07, 6.45) is 1.06. The van der Waals surface area contributed by atoms with Gasteiger partial charge in [-0.05, 0) is 26.2 Å². The first kappa shape index (κ1) is 15.8. The number of amides is 3. The van der Waals surface area contributed by atoms with Gasteiger partial charge in [-0.25, -0.2) is 0 Å². The van der Waals surface area contributed by atoms with E-state index in [1.165, 1.54) is 18.7 Å². The van der Waals surface area contributed by atoms with Gasteiger partial charge in [0.05, 0.1) is 11.5 Å². The number of carbonyl (C=O) groups excluding carboxylic acids is 3. The minimum atomic E-state index is -1.01. The van der Waals surface area contributed by atoms with Crippen LogP contribution in [0.1, 0.15) is 33.1 Å². The Morgan fingerprint density at radius 1 is 1.33 bits per heavy atom. The first-order chi connectivity index (χ1) is 9.78. The Labute approximate surface area is 124 Å². The molecule has 2 heterocycles. The third-order valence-corrected chi connectivity index (χ3v) is 4.65. The molecule has 0 saturated carbocycles. The van der Waals surface area contributed by atoms with E-state index in [2.05, 4.69) is 0 Å². The van der Waals surface area contributed by atoms with Crippen LogP contribution in [0.5, 0.6) is 0 Å². The zero-order valence-electron chi connectivity index (χ0n) is 12.5. The Balaban J connectivity index is 2.20. The van der Waals surface area contributed by atoms with Gasteiger partial charge in [-0.15, -0.1) is 0 Å². The lowest BCUT2D eigenvalue weighted by atomic mass is 9.78. The quantitative estimate of drug-likeness (QED) is 0.703. The molecular formula is C14H23N3O4. The van der Waals surface area contributed by atoms with Gasteiger partial charge in [0.15, 0.2) is 0 Å². The molecule has 3 amide bonds. The number of hydrogen-bond acceptors (Lipinski definition) is 4. The lowest BCUT2D eigenvalue weighted by molar-refractivity contribution is -0.149. The van der Waals surface area contributed by atoms with Gasteiger partial charge in [-0.2, -0.15) is 0 Å². The van der Waals surface area contributed by atoms with E-state index in [0.717, 1.165) is 6.42 Å². The van der Waals surface area contributed by atoms with Crippen molar-refractivity contribution in [1.29, 1.82) is 0 Å². The fourth-order valence-electron chi connectivity index (χ4n) is 3.54. The molecule has 2 fully saturated rings. The molecule has 3 atom stereocenters. The highest BCUT2D eigenvalue weighted by molar-refractivity contribution is 5.92. The second-order valence-corrected chi connectivity index (χ2v) is 6.16. The molecule has 2 rings (SSSR count). The molecule has 0 bridgehead atoms. The summed E-state index contributed by atoms with van der Waals surface area (Å²) in [5.74, 6) is -0.907. The lowest BCUT2D eigenvalue weighted by Crippen LogP contribution is -2.55. The van der Waals surface area contributed by atoms with Gasteiger partial charge in [0.25, 0.3) is 0 Å². The molecule has 0 aliphatic carbocycles. The normalized spacial score (nSPS) is 28.8. The average molecular weight is 297 g/mol. The van der Waals surface area contributed by atoms with Crippen LogP contribution in [0.4, 0.5) is 0 Å². The SMILES string of the molecule is CC(=O)N1CCCC2(CCN([C@H](C(N)=O)[C@@H](C)O)C2=O)C1. The van der Waals surface area contributed by atoms with Gasteiger partial charge in [0.1, 0.15) is 6.04 Å². The van der Waals surface area contributed by atoms with E-state index in [1.807, 2.05) is 0 Å². The molecule has 7 heteroatoms. The fraction of sp³-hybridized carbons (Fsp3) is 0.786. The Morgan fingerprint density at radius 2 is 2.00 bits per heavy atom. The van der Waals surface area contributed by atoms with Gasteiger partial charge < -0.3 is 20.6 Å². The smallest absolute Gasteiger partial charge is 0.242 e. The van der Waals surface area contributed by atoms with Crippen molar-refractivity contribution in [3.05, 3.63) is 0 Å². The number of hydrogen-bond donors (Lipinski definition) is 2. The molecule has 21 heavy (non-hydrogen) atoms. The van der Waals surface area contributed by atoms with Crippen molar-refractivity contribution >= 4 is 17.7 Å². The van der Waals surface area contributed by atoms with Crippen molar-refractivity contribution in [2.45, 2.75) is 45.3 Å². The highest BCUT2D eigenvalue weighted by atomic mass is 16.3. The topological polar surface area (TPSA) is 104 Å². The van der Waals surface area contributed by atoms with Crippen molar-refractivity contribution in [3.8, 4) is 0 Å². The summed E-state index contributed by atoms with van der Waals surface area (Å²) < 4.78 is 0. The lowest BCUT2D eigenvalue weighted by Gasteiger charge is -2.39. The van der Waals surface area contributed by atoms with E-state index in [1.54, 1.807) is 4.90 Å². The summed E-state index contributed by atoms with van der Waals surface area (Å²) in [6, 6.07) is -0.996. The van der Waals surface area contributed by atoms with Crippen molar-refractivity contribution in [3.63, 3.8) is 0 Å². The van der Waals surface area contributed by atoms with Crippen LogP contribution in [-0.2, 0) is 14.4 Å². The summed E-state index contributed by atoms with van der Waals surface area (Å²) in [4.78, 5) is 38.9. The van der Waals surface area contributed by atoms with Crippen LogP contribution >= 0.6 is 0 Å². The van der Waals surface area contributed by atoms with Crippen LogP contribution in [0.15, 0.2) is 0 Å². The predicted molar refractivity (Wildman–Crippen MR) is 74.9 cm³/mol. The molecule has 0 aromatic carbocycles. The summed E-state index contributed by atoms with van der Waals surface area (Å²) in [7, 11) is 0. The number of piperidine rings is 1. The van der Waals surface area contributed by atoms with Crippen LogP contribution in [0.3, 0.4) is 0 Å². The van der Waals surface area contributed by atoms with Crippen molar-refractivity contribution in [2.24, 2.45) is 11.1 Å². The maximum atomic E-state index is 12.8. The van der Waals surface area contributed by atoms with Crippen molar-refractivity contribution in [2.75, 3.05) is 19.6 Å². The molecule has 0 radical (unpaired) electrons. The van der Waals surface area contributed by atoms with Gasteiger partial charge in [0, 0.05) is 26.6 Å². The molecule has 3 N–H and O–H groups in total. The molecular weight excluding hydrogens is 274 g/mol. The minimum absolute atomic E-state index is 0.0395. The highest BCUT2D eigenvalue weighted by Gasteiger charge is 2.52. The van der Waals surface area contributed by atoms with E-state index in [-0.39, 0.29) is 11.8 Å². The Bertz CT molecular complexity index is 465. The average Bonchev–Trinajstić information content (AvgIpc) is 2.68. The summed E-state index contributed by atoms with van der Waals surface area (Å²) >= 11 is 0. The zero-order chi connectivity index (χ0) is 15.8. The molecule has 2 aliphatic heterocycles. The first-order valence-corrected chi connectivity index (χ1v) is 7.32. The molecule has 7 nitrogen and oxygen atoms in total. The highest BCUT2D eigenvalue weighted by Crippen LogP contribution is 2.41. The fourth-order valence-corrected chi connectivity index (χ4v) is 3.54.